The first-order valence-corrected chi connectivity index (χ1v) is 10.3. The molecule has 2 heterocycles. The average molecular weight is 420 g/mol. The van der Waals surface area contributed by atoms with Crippen molar-refractivity contribution in [1.82, 2.24) is 0 Å². The molecule has 2 aromatic rings. The summed E-state index contributed by atoms with van der Waals surface area (Å²) in [5.74, 6) is 1.53. The van der Waals surface area contributed by atoms with Crippen molar-refractivity contribution in [2.45, 2.75) is 31.6 Å². The largest absolute Gasteiger partial charge is 1.00 e. The molecule has 1 N–H and O–H groups in total. The second-order valence-corrected chi connectivity index (χ2v) is 8.01. The molecule has 0 amide bonds. The average Bonchev–Trinajstić information content (AvgIpc) is 3.16. The number of benzene rings is 2. The van der Waals surface area contributed by atoms with Crippen LogP contribution < -0.4 is 21.9 Å². The first-order chi connectivity index (χ1) is 13.7. The number of hydrogen-bond acceptors (Lipinski definition) is 4. The summed E-state index contributed by atoms with van der Waals surface area (Å²) in [7, 11) is 0. The third-order valence-corrected chi connectivity index (χ3v) is 5.66. The van der Waals surface area contributed by atoms with Crippen molar-refractivity contribution in [1.29, 1.82) is 0 Å². The Kier molecular flexibility index (Phi) is 7.78. The van der Waals surface area contributed by atoms with Gasteiger partial charge in [-0.15, -0.1) is 0 Å². The van der Waals surface area contributed by atoms with Gasteiger partial charge < -0.3 is 36.2 Å². The molecule has 29 heavy (non-hydrogen) atoms. The zero-order chi connectivity index (χ0) is 19.2. The van der Waals surface area contributed by atoms with Gasteiger partial charge in [0.15, 0.2) is 17.6 Å². The highest BCUT2D eigenvalue weighted by molar-refractivity contribution is 5.40. The lowest BCUT2D eigenvalue weighted by Gasteiger charge is -2.36. The van der Waals surface area contributed by atoms with Gasteiger partial charge in [0.2, 0.25) is 0 Å². The van der Waals surface area contributed by atoms with E-state index < -0.39 is 6.10 Å². The van der Waals surface area contributed by atoms with Gasteiger partial charge in [-0.3, -0.25) is 0 Å². The lowest BCUT2D eigenvalue weighted by atomic mass is 10.1. The van der Waals surface area contributed by atoms with E-state index in [1.807, 2.05) is 24.3 Å². The summed E-state index contributed by atoms with van der Waals surface area (Å²) in [6.07, 6.45) is 1.85. The third-order valence-electron chi connectivity index (χ3n) is 5.66. The van der Waals surface area contributed by atoms with Crippen LogP contribution in [0.1, 0.15) is 18.4 Å². The topological polar surface area (TPSA) is 47.9 Å². The molecule has 0 bridgehead atoms. The second kappa shape index (κ2) is 10.3. The second-order valence-electron chi connectivity index (χ2n) is 8.01. The van der Waals surface area contributed by atoms with Gasteiger partial charge in [-0.05, 0) is 12.1 Å². The van der Waals surface area contributed by atoms with E-state index in [0.29, 0.717) is 19.8 Å². The molecule has 0 radical (unpaired) electrons. The van der Waals surface area contributed by atoms with Gasteiger partial charge >= 0.3 is 0 Å². The van der Waals surface area contributed by atoms with E-state index in [2.05, 4.69) is 30.3 Å². The maximum atomic E-state index is 10.6. The minimum absolute atomic E-state index is 0. The molecule has 2 aromatic carbocycles. The molecule has 6 heteroatoms. The Balaban J connectivity index is 0.00000240. The molecule has 0 aromatic heterocycles. The highest BCUT2D eigenvalue weighted by atomic mass is 35.5. The number of aliphatic hydroxyl groups excluding tert-OH is 1. The summed E-state index contributed by atoms with van der Waals surface area (Å²) in [6, 6.07) is 18.3. The maximum absolute atomic E-state index is 10.6. The Hall–Kier alpha value is -1.79. The summed E-state index contributed by atoms with van der Waals surface area (Å²) < 4.78 is 18.4. The van der Waals surface area contributed by atoms with Crippen molar-refractivity contribution in [3.63, 3.8) is 0 Å². The first kappa shape index (κ1) is 21.9. The maximum Gasteiger partial charge on any atom is 0.161 e. The van der Waals surface area contributed by atoms with Crippen LogP contribution in [0.15, 0.2) is 54.6 Å². The van der Waals surface area contributed by atoms with Gasteiger partial charge in [-0.1, -0.05) is 42.5 Å². The van der Waals surface area contributed by atoms with E-state index >= 15 is 0 Å². The fraction of sp³-hybridized carbons (Fsp3) is 0.478. The number of likely N-dealkylation sites (tertiary alicyclic amines) is 1. The van der Waals surface area contributed by atoms with E-state index in [9.17, 15) is 5.11 Å². The smallest absolute Gasteiger partial charge is 0.161 e. The molecule has 2 aliphatic rings. The summed E-state index contributed by atoms with van der Waals surface area (Å²) in [4.78, 5) is 0. The summed E-state index contributed by atoms with van der Waals surface area (Å²) >= 11 is 0. The number of rotatable bonds is 8. The van der Waals surface area contributed by atoms with E-state index in [0.717, 1.165) is 42.2 Å². The number of halogens is 1. The standard InChI is InChI=1S/C23H30NO4.ClH/c25-20(15-24(12-6-7-13-24)14-19-8-2-1-3-9-19)16-26-17-21-18-27-22-10-4-5-11-23(22)28-21;/h1-5,8-11,20-21,25H,6-7,12-18H2;1H/q+1;/p-1. The van der Waals surface area contributed by atoms with E-state index in [1.165, 1.54) is 18.4 Å². The van der Waals surface area contributed by atoms with Crippen LogP contribution in [0.3, 0.4) is 0 Å². The molecule has 0 saturated carbocycles. The number of quaternary nitrogens is 1. The molecule has 1 fully saturated rings. The Morgan fingerprint density at radius 3 is 2.45 bits per heavy atom. The lowest BCUT2D eigenvalue weighted by molar-refractivity contribution is -0.932. The van der Waals surface area contributed by atoms with Crippen LogP contribution in [0.5, 0.6) is 11.5 Å². The third kappa shape index (κ3) is 5.86. The number of nitrogens with zero attached hydrogens (tertiary/aromatic N) is 1. The molecule has 4 rings (SSSR count). The number of hydrogen-bond donors (Lipinski definition) is 1. The molecule has 0 spiro atoms. The SMILES string of the molecule is OC(COCC1COc2ccccc2O1)C[N+]1(Cc2ccccc2)CCCC1.[Cl-]. The van der Waals surface area contributed by atoms with Crippen molar-refractivity contribution >= 4 is 0 Å². The molecule has 2 aliphatic heterocycles. The summed E-state index contributed by atoms with van der Waals surface area (Å²) in [5, 5.41) is 10.6. The Morgan fingerprint density at radius 1 is 1.00 bits per heavy atom. The highest BCUT2D eigenvalue weighted by Gasteiger charge is 2.34. The quantitative estimate of drug-likeness (QED) is 0.613. The lowest BCUT2D eigenvalue weighted by Crippen LogP contribution is -3.00. The van der Waals surface area contributed by atoms with E-state index in [-0.39, 0.29) is 18.5 Å². The molecule has 2 unspecified atom stereocenters. The van der Waals surface area contributed by atoms with Crippen LogP contribution in [0.4, 0.5) is 0 Å². The van der Waals surface area contributed by atoms with Crippen molar-refractivity contribution < 1.29 is 36.2 Å². The van der Waals surface area contributed by atoms with Gasteiger partial charge in [0.1, 0.15) is 25.8 Å². The van der Waals surface area contributed by atoms with Gasteiger partial charge in [-0.2, -0.15) is 0 Å². The van der Waals surface area contributed by atoms with E-state index in [4.69, 9.17) is 14.2 Å². The van der Waals surface area contributed by atoms with Crippen LogP contribution in [-0.2, 0) is 11.3 Å². The summed E-state index contributed by atoms with van der Waals surface area (Å²) in [5.41, 5.74) is 1.34. The van der Waals surface area contributed by atoms with Crippen molar-refractivity contribution in [3.05, 3.63) is 60.2 Å². The van der Waals surface area contributed by atoms with Crippen LogP contribution in [0, 0.1) is 0 Å². The zero-order valence-corrected chi connectivity index (χ0v) is 17.5. The van der Waals surface area contributed by atoms with Gasteiger partial charge in [0.25, 0.3) is 0 Å². The fourth-order valence-electron chi connectivity index (χ4n) is 4.36. The van der Waals surface area contributed by atoms with Crippen LogP contribution in [0.2, 0.25) is 0 Å². The predicted octanol–water partition coefficient (Wildman–Crippen LogP) is 0.0187. The van der Waals surface area contributed by atoms with E-state index in [1.54, 1.807) is 0 Å². The monoisotopic (exact) mass is 419 g/mol. The fourth-order valence-corrected chi connectivity index (χ4v) is 4.36. The van der Waals surface area contributed by atoms with Gasteiger partial charge in [0, 0.05) is 18.4 Å². The highest BCUT2D eigenvalue weighted by Crippen LogP contribution is 2.31. The van der Waals surface area contributed by atoms with Gasteiger partial charge in [-0.25, -0.2) is 0 Å². The number of aliphatic hydroxyl groups is 1. The minimum atomic E-state index is -0.474. The van der Waals surface area contributed by atoms with Crippen LogP contribution in [-0.4, -0.2) is 61.3 Å². The van der Waals surface area contributed by atoms with Crippen molar-refractivity contribution in [2.24, 2.45) is 0 Å². The van der Waals surface area contributed by atoms with Crippen molar-refractivity contribution in [2.75, 3.05) is 39.5 Å². The van der Waals surface area contributed by atoms with Crippen LogP contribution in [0.25, 0.3) is 0 Å². The Morgan fingerprint density at radius 2 is 1.69 bits per heavy atom. The molecule has 2 atom stereocenters. The van der Waals surface area contributed by atoms with Crippen molar-refractivity contribution in [3.8, 4) is 11.5 Å². The molecule has 158 valence electrons. The zero-order valence-electron chi connectivity index (χ0n) is 16.7. The van der Waals surface area contributed by atoms with Crippen LogP contribution >= 0.6 is 0 Å². The molecular weight excluding hydrogens is 390 g/mol. The molecule has 1 saturated heterocycles. The Bertz CT molecular complexity index is 752. The molecule has 0 aliphatic carbocycles. The first-order valence-electron chi connectivity index (χ1n) is 10.3. The number of para-hydroxylation sites is 2. The molecule has 5 nitrogen and oxygen atoms in total. The Labute approximate surface area is 179 Å². The number of fused-ring (bicyclic) bond motifs is 1. The normalized spacial score (nSPS) is 20.7. The summed E-state index contributed by atoms with van der Waals surface area (Å²) in [6.45, 7) is 5.19. The molecular formula is C23H30ClNO4. The predicted molar refractivity (Wildman–Crippen MR) is 107 cm³/mol. The minimum Gasteiger partial charge on any atom is -1.00 e. The van der Waals surface area contributed by atoms with Gasteiger partial charge in [0.05, 0.1) is 26.3 Å². The number of ether oxygens (including phenoxy) is 3.